The first-order valence-electron chi connectivity index (χ1n) is 7.71. The Morgan fingerprint density at radius 1 is 1.42 bits per heavy atom. The molecule has 0 aromatic heterocycles. The molecule has 1 amide bonds. The number of thioether (sulfide) groups is 1. The highest BCUT2D eigenvalue weighted by Crippen LogP contribution is 2.35. The predicted molar refractivity (Wildman–Crippen MR) is 98.4 cm³/mol. The second kappa shape index (κ2) is 7.55. The molecule has 1 aromatic carbocycles. The van der Waals surface area contributed by atoms with Crippen LogP contribution in [0.1, 0.15) is 18.4 Å². The van der Waals surface area contributed by atoms with E-state index in [9.17, 15) is 4.79 Å². The molecule has 3 rings (SSSR count). The molecule has 1 unspecified atom stereocenters. The molecule has 24 heavy (non-hydrogen) atoms. The summed E-state index contributed by atoms with van der Waals surface area (Å²) in [6, 6.07) is 5.49. The zero-order chi connectivity index (χ0) is 17.1. The van der Waals surface area contributed by atoms with Crippen LogP contribution in [0.3, 0.4) is 0 Å². The van der Waals surface area contributed by atoms with E-state index < -0.39 is 0 Å². The van der Waals surface area contributed by atoms with Gasteiger partial charge >= 0.3 is 0 Å². The number of hydrogen-bond acceptors (Lipinski definition) is 6. The highest BCUT2D eigenvalue weighted by Gasteiger charge is 2.34. The van der Waals surface area contributed by atoms with E-state index in [-0.39, 0.29) is 12.0 Å². The molecule has 1 aromatic rings. The third-order valence-electron chi connectivity index (χ3n) is 4.01. The summed E-state index contributed by atoms with van der Waals surface area (Å²) in [5.41, 5.74) is 0.816. The van der Waals surface area contributed by atoms with Crippen LogP contribution in [0.4, 0.5) is 0 Å². The highest BCUT2D eigenvalue weighted by molar-refractivity contribution is 8.26. The van der Waals surface area contributed by atoms with Crippen LogP contribution in [0.15, 0.2) is 23.1 Å². The SMILES string of the molecule is COc1ccc(/C=C2\SC(=S)N(CC3CCCO3)C2=O)c(OC)c1. The molecule has 2 saturated heterocycles. The Morgan fingerprint density at radius 3 is 2.92 bits per heavy atom. The van der Waals surface area contributed by atoms with Gasteiger partial charge in [0.1, 0.15) is 15.8 Å². The lowest BCUT2D eigenvalue weighted by Crippen LogP contribution is -2.35. The zero-order valence-corrected chi connectivity index (χ0v) is 15.2. The smallest absolute Gasteiger partial charge is 0.266 e. The Morgan fingerprint density at radius 2 is 2.25 bits per heavy atom. The van der Waals surface area contributed by atoms with Gasteiger partial charge < -0.3 is 14.2 Å². The van der Waals surface area contributed by atoms with E-state index in [2.05, 4.69) is 0 Å². The van der Waals surface area contributed by atoms with Crippen LogP contribution in [0.2, 0.25) is 0 Å². The minimum absolute atomic E-state index is 0.0710. The number of rotatable bonds is 5. The van der Waals surface area contributed by atoms with E-state index in [1.807, 2.05) is 18.2 Å². The summed E-state index contributed by atoms with van der Waals surface area (Å²) < 4.78 is 16.8. The molecule has 0 N–H and O–H groups in total. The quantitative estimate of drug-likeness (QED) is 0.590. The predicted octanol–water partition coefficient (Wildman–Crippen LogP) is 3.08. The number of nitrogens with zero attached hydrogens (tertiary/aromatic N) is 1. The highest BCUT2D eigenvalue weighted by atomic mass is 32.2. The van der Waals surface area contributed by atoms with Crippen molar-refractivity contribution in [3.05, 3.63) is 28.7 Å². The van der Waals surface area contributed by atoms with Crippen LogP contribution >= 0.6 is 24.0 Å². The number of benzene rings is 1. The van der Waals surface area contributed by atoms with Crippen LogP contribution < -0.4 is 9.47 Å². The number of carbonyl (C=O) groups excluding carboxylic acids is 1. The fourth-order valence-corrected chi connectivity index (χ4v) is 3.99. The van der Waals surface area contributed by atoms with Crippen molar-refractivity contribution >= 4 is 40.3 Å². The number of ether oxygens (including phenoxy) is 3. The van der Waals surface area contributed by atoms with Crippen molar-refractivity contribution in [1.29, 1.82) is 0 Å². The van der Waals surface area contributed by atoms with E-state index in [0.717, 1.165) is 25.0 Å². The van der Waals surface area contributed by atoms with Crippen LogP contribution in [-0.4, -0.2) is 48.6 Å². The normalized spacial score (nSPS) is 22.5. The van der Waals surface area contributed by atoms with Gasteiger partial charge in [-0.1, -0.05) is 24.0 Å². The number of methoxy groups -OCH3 is 2. The molecule has 0 spiro atoms. The van der Waals surface area contributed by atoms with Crippen molar-refractivity contribution in [1.82, 2.24) is 4.90 Å². The molecule has 1 atom stereocenters. The number of hydrogen-bond donors (Lipinski definition) is 0. The molecule has 5 nitrogen and oxygen atoms in total. The van der Waals surface area contributed by atoms with Gasteiger partial charge in [0.15, 0.2) is 0 Å². The molecule has 0 saturated carbocycles. The first kappa shape index (κ1) is 17.3. The van der Waals surface area contributed by atoms with Gasteiger partial charge in [0.05, 0.1) is 31.8 Å². The molecule has 0 radical (unpaired) electrons. The van der Waals surface area contributed by atoms with Crippen molar-refractivity contribution in [3.63, 3.8) is 0 Å². The lowest BCUT2D eigenvalue weighted by molar-refractivity contribution is -0.123. The molecule has 2 fully saturated rings. The minimum atomic E-state index is -0.0710. The van der Waals surface area contributed by atoms with Gasteiger partial charge in [-0.15, -0.1) is 0 Å². The van der Waals surface area contributed by atoms with E-state index >= 15 is 0 Å². The van der Waals surface area contributed by atoms with Crippen molar-refractivity contribution in [2.45, 2.75) is 18.9 Å². The topological polar surface area (TPSA) is 48.0 Å². The van der Waals surface area contributed by atoms with Gasteiger partial charge in [-0.2, -0.15) is 0 Å². The number of amides is 1. The van der Waals surface area contributed by atoms with Crippen LogP contribution in [-0.2, 0) is 9.53 Å². The third kappa shape index (κ3) is 3.58. The maximum atomic E-state index is 12.7. The lowest BCUT2D eigenvalue weighted by Gasteiger charge is -2.18. The van der Waals surface area contributed by atoms with E-state index in [1.165, 1.54) is 11.8 Å². The maximum Gasteiger partial charge on any atom is 0.266 e. The number of thiocarbonyl (C=S) groups is 1. The van der Waals surface area contributed by atoms with Gasteiger partial charge in [-0.3, -0.25) is 9.69 Å². The summed E-state index contributed by atoms with van der Waals surface area (Å²) in [6.45, 7) is 1.29. The fraction of sp³-hybridized carbons (Fsp3) is 0.412. The van der Waals surface area contributed by atoms with Gasteiger partial charge in [0, 0.05) is 18.2 Å². The van der Waals surface area contributed by atoms with Gasteiger partial charge in [0.2, 0.25) is 0 Å². The molecular formula is C17H19NO4S2. The first-order valence-corrected chi connectivity index (χ1v) is 8.94. The van der Waals surface area contributed by atoms with Crippen LogP contribution in [0, 0.1) is 0 Å². The Labute approximate surface area is 150 Å². The lowest BCUT2D eigenvalue weighted by atomic mass is 10.1. The van der Waals surface area contributed by atoms with E-state index in [0.29, 0.717) is 27.3 Å². The number of carbonyl (C=O) groups is 1. The molecular weight excluding hydrogens is 346 g/mol. The summed E-state index contributed by atoms with van der Waals surface area (Å²) >= 11 is 6.68. The van der Waals surface area contributed by atoms with E-state index in [4.69, 9.17) is 26.4 Å². The van der Waals surface area contributed by atoms with E-state index in [1.54, 1.807) is 25.2 Å². The molecule has 0 aliphatic carbocycles. The summed E-state index contributed by atoms with van der Waals surface area (Å²) in [5, 5.41) is 0. The van der Waals surface area contributed by atoms with Crippen molar-refractivity contribution in [2.24, 2.45) is 0 Å². The standard InChI is InChI=1S/C17H19NO4S2/c1-20-12-6-5-11(14(9-12)21-2)8-15-16(19)18(17(23)24-15)10-13-4-3-7-22-13/h5-6,8-9,13H,3-4,7,10H2,1-2H3/b15-8-. The Bertz CT molecular complexity index is 683. The summed E-state index contributed by atoms with van der Waals surface area (Å²) in [5.74, 6) is 1.28. The summed E-state index contributed by atoms with van der Waals surface area (Å²) in [4.78, 5) is 14.9. The van der Waals surface area contributed by atoms with Crippen LogP contribution in [0.5, 0.6) is 11.5 Å². The fourth-order valence-electron chi connectivity index (χ4n) is 2.73. The Kier molecular flexibility index (Phi) is 5.43. The molecule has 2 aliphatic heterocycles. The van der Waals surface area contributed by atoms with Crippen molar-refractivity contribution < 1.29 is 19.0 Å². The largest absolute Gasteiger partial charge is 0.497 e. The van der Waals surface area contributed by atoms with Crippen molar-refractivity contribution in [2.75, 3.05) is 27.4 Å². The second-order valence-electron chi connectivity index (χ2n) is 5.54. The monoisotopic (exact) mass is 365 g/mol. The Hall–Kier alpha value is -1.57. The zero-order valence-electron chi connectivity index (χ0n) is 13.6. The molecule has 0 bridgehead atoms. The first-order chi connectivity index (χ1) is 11.6. The van der Waals surface area contributed by atoms with Gasteiger partial charge in [0.25, 0.3) is 5.91 Å². The van der Waals surface area contributed by atoms with Crippen LogP contribution in [0.25, 0.3) is 6.08 Å². The van der Waals surface area contributed by atoms with Crippen molar-refractivity contribution in [3.8, 4) is 11.5 Å². The average Bonchev–Trinajstić information content (AvgIpc) is 3.19. The third-order valence-corrected chi connectivity index (χ3v) is 5.39. The second-order valence-corrected chi connectivity index (χ2v) is 7.21. The molecule has 7 heteroatoms. The minimum Gasteiger partial charge on any atom is -0.497 e. The Balaban J connectivity index is 1.80. The summed E-state index contributed by atoms with van der Waals surface area (Å²) in [7, 11) is 3.19. The average molecular weight is 365 g/mol. The maximum absolute atomic E-state index is 12.7. The molecule has 2 heterocycles. The molecule has 128 valence electrons. The van der Waals surface area contributed by atoms with Gasteiger partial charge in [-0.05, 0) is 31.1 Å². The summed E-state index contributed by atoms with van der Waals surface area (Å²) in [6.07, 6.45) is 3.91. The van der Waals surface area contributed by atoms with Gasteiger partial charge in [-0.25, -0.2) is 0 Å². The molecule has 2 aliphatic rings.